The first-order valence-electron chi connectivity index (χ1n) is 9.04. The van der Waals surface area contributed by atoms with Crippen LogP contribution in [0.25, 0.3) is 0 Å². The summed E-state index contributed by atoms with van der Waals surface area (Å²) in [6, 6.07) is 8.92. The number of amides is 1. The van der Waals surface area contributed by atoms with Crippen LogP contribution < -0.4 is 25.3 Å². The first-order valence-corrected chi connectivity index (χ1v) is 9.04. The number of carbonyl (C=O) groups is 1. The molecule has 8 nitrogen and oxygen atoms in total. The highest BCUT2D eigenvalue weighted by molar-refractivity contribution is 5.86. The van der Waals surface area contributed by atoms with Gasteiger partial charge in [-0.05, 0) is 30.5 Å². The zero-order valence-electron chi connectivity index (χ0n) is 16.1. The Hall–Kier alpha value is -2.84. The van der Waals surface area contributed by atoms with Crippen LogP contribution in [0.5, 0.6) is 23.1 Å². The minimum absolute atomic E-state index is 0.171. The summed E-state index contributed by atoms with van der Waals surface area (Å²) in [4.78, 5) is 16.7. The van der Waals surface area contributed by atoms with E-state index in [2.05, 4.69) is 10.3 Å². The molecule has 8 heteroatoms. The molecule has 0 saturated carbocycles. The van der Waals surface area contributed by atoms with E-state index in [1.807, 2.05) is 12.1 Å². The van der Waals surface area contributed by atoms with Gasteiger partial charge in [-0.15, -0.1) is 0 Å². The van der Waals surface area contributed by atoms with E-state index >= 15 is 0 Å². The van der Waals surface area contributed by atoms with Crippen molar-refractivity contribution in [3.8, 4) is 23.1 Å². The van der Waals surface area contributed by atoms with Crippen molar-refractivity contribution in [3.05, 3.63) is 42.1 Å². The number of para-hydroxylation sites is 1. The van der Waals surface area contributed by atoms with E-state index in [0.29, 0.717) is 55.7 Å². The summed E-state index contributed by atoms with van der Waals surface area (Å²) in [5, 5.41) is 2.87. The second-order valence-corrected chi connectivity index (χ2v) is 6.55. The number of rotatable bonds is 7. The van der Waals surface area contributed by atoms with Gasteiger partial charge in [-0.3, -0.25) is 4.79 Å². The maximum Gasteiger partial charge on any atom is 0.240 e. The zero-order chi connectivity index (χ0) is 20.0. The van der Waals surface area contributed by atoms with Crippen LogP contribution in [0.15, 0.2) is 36.5 Å². The van der Waals surface area contributed by atoms with Crippen molar-refractivity contribution in [2.75, 3.05) is 27.4 Å². The van der Waals surface area contributed by atoms with Gasteiger partial charge in [0.2, 0.25) is 17.5 Å². The Labute approximate surface area is 163 Å². The number of carbonyl (C=O) groups excluding carboxylic acids is 1. The summed E-state index contributed by atoms with van der Waals surface area (Å²) in [6.07, 6.45) is 2.68. The van der Waals surface area contributed by atoms with E-state index in [4.69, 9.17) is 24.7 Å². The molecule has 150 valence electrons. The predicted molar refractivity (Wildman–Crippen MR) is 103 cm³/mol. The molecule has 1 aromatic heterocycles. The number of ether oxygens (including phenoxy) is 4. The summed E-state index contributed by atoms with van der Waals surface area (Å²) >= 11 is 0. The van der Waals surface area contributed by atoms with Crippen LogP contribution in [0.4, 0.5) is 0 Å². The Bertz CT molecular complexity index is 782. The van der Waals surface area contributed by atoms with Gasteiger partial charge in [0.15, 0.2) is 11.5 Å². The van der Waals surface area contributed by atoms with Crippen LogP contribution in [-0.2, 0) is 16.1 Å². The van der Waals surface area contributed by atoms with Gasteiger partial charge in [0, 0.05) is 32.0 Å². The normalized spacial score (nSPS) is 15.5. The average Bonchev–Trinajstić information content (AvgIpc) is 2.73. The summed E-state index contributed by atoms with van der Waals surface area (Å²) in [7, 11) is 3.12. The Balaban J connectivity index is 1.62. The van der Waals surface area contributed by atoms with Crippen LogP contribution >= 0.6 is 0 Å². The lowest BCUT2D eigenvalue weighted by Crippen LogP contribution is -2.56. The standard InChI is InChI=1S/C20H25N3O5/c1-25-15-4-3-5-16(26-2)18(15)28-17-7-6-14(12-22-17)13-23-19(24)20(21)8-10-27-11-9-20/h3-7,12H,8-11,13,21H2,1-2H3,(H,23,24). The fraction of sp³-hybridized carbons (Fsp3) is 0.400. The van der Waals surface area contributed by atoms with E-state index < -0.39 is 5.54 Å². The topological polar surface area (TPSA) is 105 Å². The van der Waals surface area contributed by atoms with Crippen LogP contribution in [0.1, 0.15) is 18.4 Å². The van der Waals surface area contributed by atoms with Crippen LogP contribution in [0, 0.1) is 0 Å². The molecular weight excluding hydrogens is 362 g/mol. The van der Waals surface area contributed by atoms with E-state index in [1.165, 1.54) is 0 Å². The Morgan fingerprint density at radius 2 is 1.86 bits per heavy atom. The predicted octanol–water partition coefficient (Wildman–Crippen LogP) is 2.02. The number of hydrogen-bond acceptors (Lipinski definition) is 7. The molecule has 2 aromatic rings. The molecule has 0 unspecified atom stereocenters. The van der Waals surface area contributed by atoms with Gasteiger partial charge in [0.25, 0.3) is 0 Å². The second kappa shape index (κ2) is 8.90. The van der Waals surface area contributed by atoms with Crippen molar-refractivity contribution < 1.29 is 23.7 Å². The molecule has 1 aromatic carbocycles. The second-order valence-electron chi connectivity index (χ2n) is 6.55. The highest BCUT2D eigenvalue weighted by atomic mass is 16.5. The van der Waals surface area contributed by atoms with Crippen LogP contribution in [0.3, 0.4) is 0 Å². The largest absolute Gasteiger partial charge is 0.493 e. The summed E-state index contributed by atoms with van der Waals surface area (Å²) < 4.78 is 21.7. The van der Waals surface area contributed by atoms with E-state index in [-0.39, 0.29) is 5.91 Å². The molecule has 0 bridgehead atoms. The van der Waals surface area contributed by atoms with Crippen LogP contribution in [-0.4, -0.2) is 43.9 Å². The lowest BCUT2D eigenvalue weighted by molar-refractivity contribution is -0.129. The number of nitrogens with two attached hydrogens (primary N) is 1. The third kappa shape index (κ3) is 4.52. The third-order valence-electron chi connectivity index (χ3n) is 4.68. The van der Waals surface area contributed by atoms with Gasteiger partial charge in [0.05, 0.1) is 19.8 Å². The van der Waals surface area contributed by atoms with Crippen molar-refractivity contribution in [2.45, 2.75) is 24.9 Å². The zero-order valence-corrected chi connectivity index (χ0v) is 16.1. The molecule has 3 rings (SSSR count). The quantitative estimate of drug-likeness (QED) is 0.749. The molecule has 1 saturated heterocycles. The number of pyridine rings is 1. The molecule has 0 spiro atoms. The first-order chi connectivity index (χ1) is 13.6. The minimum atomic E-state index is -0.866. The Morgan fingerprint density at radius 3 is 2.43 bits per heavy atom. The number of nitrogens with one attached hydrogen (secondary N) is 1. The van der Waals surface area contributed by atoms with Gasteiger partial charge >= 0.3 is 0 Å². The van der Waals surface area contributed by atoms with E-state index in [1.54, 1.807) is 38.6 Å². The van der Waals surface area contributed by atoms with Gasteiger partial charge in [-0.25, -0.2) is 4.98 Å². The van der Waals surface area contributed by atoms with Crippen molar-refractivity contribution >= 4 is 5.91 Å². The van der Waals surface area contributed by atoms with E-state index in [0.717, 1.165) is 5.56 Å². The first kappa shape index (κ1) is 19.9. The highest BCUT2D eigenvalue weighted by Crippen LogP contribution is 2.39. The number of hydrogen-bond donors (Lipinski definition) is 2. The molecule has 0 radical (unpaired) electrons. The molecule has 0 aliphatic carbocycles. The number of methoxy groups -OCH3 is 2. The van der Waals surface area contributed by atoms with Gasteiger partial charge in [0.1, 0.15) is 0 Å². The molecule has 1 fully saturated rings. The summed E-state index contributed by atoms with van der Waals surface area (Å²) in [5.41, 5.74) is 6.15. The van der Waals surface area contributed by atoms with E-state index in [9.17, 15) is 4.79 Å². The van der Waals surface area contributed by atoms with Crippen molar-refractivity contribution in [1.82, 2.24) is 10.3 Å². The number of benzene rings is 1. The molecule has 1 aliphatic rings. The van der Waals surface area contributed by atoms with Crippen molar-refractivity contribution in [2.24, 2.45) is 5.73 Å². The fourth-order valence-corrected chi connectivity index (χ4v) is 2.92. The van der Waals surface area contributed by atoms with Crippen molar-refractivity contribution in [3.63, 3.8) is 0 Å². The molecule has 28 heavy (non-hydrogen) atoms. The maximum absolute atomic E-state index is 12.4. The molecule has 1 amide bonds. The third-order valence-corrected chi connectivity index (χ3v) is 4.68. The molecule has 3 N–H and O–H groups in total. The lowest BCUT2D eigenvalue weighted by Gasteiger charge is -2.31. The fourth-order valence-electron chi connectivity index (χ4n) is 2.92. The Kier molecular flexibility index (Phi) is 6.33. The SMILES string of the molecule is COc1cccc(OC)c1Oc1ccc(CNC(=O)C2(N)CCOCC2)cn1. The lowest BCUT2D eigenvalue weighted by atomic mass is 9.90. The van der Waals surface area contributed by atoms with Crippen molar-refractivity contribution in [1.29, 1.82) is 0 Å². The smallest absolute Gasteiger partial charge is 0.240 e. The molecule has 1 aliphatic heterocycles. The van der Waals surface area contributed by atoms with Crippen LogP contribution in [0.2, 0.25) is 0 Å². The van der Waals surface area contributed by atoms with Gasteiger partial charge in [-0.2, -0.15) is 0 Å². The van der Waals surface area contributed by atoms with Gasteiger partial charge in [-0.1, -0.05) is 12.1 Å². The number of nitrogens with zero attached hydrogens (tertiary/aromatic N) is 1. The maximum atomic E-state index is 12.4. The van der Waals surface area contributed by atoms with Gasteiger partial charge < -0.3 is 30.0 Å². The molecular formula is C20H25N3O5. The highest BCUT2D eigenvalue weighted by Gasteiger charge is 2.35. The minimum Gasteiger partial charge on any atom is -0.493 e. The summed E-state index contributed by atoms with van der Waals surface area (Å²) in [6.45, 7) is 1.34. The Morgan fingerprint density at radius 1 is 1.18 bits per heavy atom. The monoisotopic (exact) mass is 387 g/mol. The average molecular weight is 387 g/mol. The molecule has 0 atom stereocenters. The molecule has 2 heterocycles. The summed E-state index contributed by atoms with van der Waals surface area (Å²) in [5.74, 6) is 1.75. The number of aromatic nitrogens is 1.